The third-order valence-corrected chi connectivity index (χ3v) is 3.41. The molecule has 102 valence electrons. The highest BCUT2D eigenvalue weighted by molar-refractivity contribution is 5.01. The van der Waals surface area contributed by atoms with Crippen LogP contribution < -0.4 is 0 Å². The minimum Gasteiger partial charge on any atom is -0.0853 e. The standard InChI is InChI=1S/C17H34/c1-4-7-9-10-11-13-16-17(14-6-3)15-12-8-5-2/h15H,4-14,16H2,1-3H3. The molecule has 0 spiro atoms. The van der Waals surface area contributed by atoms with Gasteiger partial charge in [-0.05, 0) is 25.7 Å². The molecule has 0 aromatic carbocycles. The highest BCUT2D eigenvalue weighted by atomic mass is 14.0. The van der Waals surface area contributed by atoms with Crippen molar-refractivity contribution in [3.05, 3.63) is 11.6 Å². The molecule has 0 nitrogen and oxygen atoms in total. The summed E-state index contributed by atoms with van der Waals surface area (Å²) in [5, 5.41) is 0. The van der Waals surface area contributed by atoms with Gasteiger partial charge >= 0.3 is 0 Å². The Morgan fingerprint density at radius 3 is 1.94 bits per heavy atom. The molecule has 0 heteroatoms. The van der Waals surface area contributed by atoms with E-state index in [0.29, 0.717) is 0 Å². The van der Waals surface area contributed by atoms with Crippen LogP contribution in [0.4, 0.5) is 0 Å². The lowest BCUT2D eigenvalue weighted by atomic mass is 10.0. The maximum absolute atomic E-state index is 2.53. The molecule has 0 aliphatic heterocycles. The quantitative estimate of drug-likeness (QED) is 0.263. The molecule has 0 saturated carbocycles. The van der Waals surface area contributed by atoms with Crippen LogP contribution in [-0.4, -0.2) is 0 Å². The van der Waals surface area contributed by atoms with Crippen LogP contribution >= 0.6 is 0 Å². The van der Waals surface area contributed by atoms with E-state index >= 15 is 0 Å². The van der Waals surface area contributed by atoms with Gasteiger partial charge in [0.1, 0.15) is 0 Å². The second-order valence-electron chi connectivity index (χ2n) is 5.27. The third-order valence-electron chi connectivity index (χ3n) is 3.41. The van der Waals surface area contributed by atoms with Gasteiger partial charge in [-0.3, -0.25) is 0 Å². The largest absolute Gasteiger partial charge is 0.0853 e. The first-order chi connectivity index (χ1) is 8.35. The first-order valence-electron chi connectivity index (χ1n) is 8.03. The fourth-order valence-electron chi connectivity index (χ4n) is 2.29. The Labute approximate surface area is 110 Å². The van der Waals surface area contributed by atoms with Crippen molar-refractivity contribution in [1.82, 2.24) is 0 Å². The van der Waals surface area contributed by atoms with Crippen LogP contribution in [0.15, 0.2) is 11.6 Å². The van der Waals surface area contributed by atoms with E-state index in [9.17, 15) is 0 Å². The van der Waals surface area contributed by atoms with Crippen LogP contribution in [-0.2, 0) is 0 Å². The molecule has 0 N–H and O–H groups in total. The van der Waals surface area contributed by atoms with Gasteiger partial charge in [0.05, 0.1) is 0 Å². The average molecular weight is 238 g/mol. The van der Waals surface area contributed by atoms with Crippen molar-refractivity contribution in [3.63, 3.8) is 0 Å². The van der Waals surface area contributed by atoms with Gasteiger partial charge in [-0.2, -0.15) is 0 Å². The Bertz CT molecular complexity index is 167. The zero-order chi connectivity index (χ0) is 12.8. The fourth-order valence-corrected chi connectivity index (χ4v) is 2.29. The Morgan fingerprint density at radius 1 is 0.647 bits per heavy atom. The Balaban J connectivity index is 3.58. The Morgan fingerprint density at radius 2 is 1.29 bits per heavy atom. The van der Waals surface area contributed by atoms with Gasteiger partial charge in [-0.25, -0.2) is 0 Å². The number of unbranched alkanes of at least 4 members (excludes halogenated alkanes) is 7. The van der Waals surface area contributed by atoms with E-state index in [4.69, 9.17) is 0 Å². The van der Waals surface area contributed by atoms with Gasteiger partial charge in [-0.1, -0.05) is 83.8 Å². The number of rotatable bonds is 12. The molecule has 17 heavy (non-hydrogen) atoms. The number of hydrogen-bond donors (Lipinski definition) is 0. The molecule has 0 unspecified atom stereocenters. The number of hydrogen-bond acceptors (Lipinski definition) is 0. The Hall–Kier alpha value is -0.260. The van der Waals surface area contributed by atoms with Gasteiger partial charge in [0, 0.05) is 0 Å². The SMILES string of the molecule is CCCCC=C(CCC)CCCCCCCC. The zero-order valence-corrected chi connectivity index (χ0v) is 12.6. The van der Waals surface area contributed by atoms with Gasteiger partial charge in [0.25, 0.3) is 0 Å². The van der Waals surface area contributed by atoms with E-state index in [2.05, 4.69) is 26.8 Å². The molecule has 0 aromatic rings. The second-order valence-corrected chi connectivity index (χ2v) is 5.27. The summed E-state index contributed by atoms with van der Waals surface area (Å²) in [6.07, 6.45) is 19.1. The van der Waals surface area contributed by atoms with Crippen molar-refractivity contribution in [1.29, 1.82) is 0 Å². The minimum absolute atomic E-state index is 1.31. The molecular formula is C17H34. The van der Waals surface area contributed by atoms with Gasteiger partial charge in [-0.15, -0.1) is 0 Å². The lowest BCUT2D eigenvalue weighted by molar-refractivity contribution is 0.600. The maximum Gasteiger partial charge on any atom is -0.0320 e. The lowest BCUT2D eigenvalue weighted by Gasteiger charge is -2.06. The van der Waals surface area contributed by atoms with Gasteiger partial charge in [0.2, 0.25) is 0 Å². The van der Waals surface area contributed by atoms with Crippen molar-refractivity contribution in [2.45, 2.75) is 97.8 Å². The molecule has 0 radical (unpaired) electrons. The van der Waals surface area contributed by atoms with E-state index in [1.165, 1.54) is 77.0 Å². The first-order valence-corrected chi connectivity index (χ1v) is 8.03. The molecular weight excluding hydrogens is 204 g/mol. The lowest BCUT2D eigenvalue weighted by Crippen LogP contribution is -1.86. The molecule has 0 bridgehead atoms. The highest BCUT2D eigenvalue weighted by Crippen LogP contribution is 2.17. The summed E-state index contributed by atoms with van der Waals surface area (Å²) in [7, 11) is 0. The maximum atomic E-state index is 2.53. The van der Waals surface area contributed by atoms with Crippen LogP contribution in [0.25, 0.3) is 0 Å². The predicted octanol–water partition coefficient (Wildman–Crippen LogP) is 6.65. The average Bonchev–Trinajstić information content (AvgIpc) is 2.34. The van der Waals surface area contributed by atoms with Crippen LogP contribution in [0, 0.1) is 0 Å². The fraction of sp³-hybridized carbons (Fsp3) is 0.882. The predicted molar refractivity (Wildman–Crippen MR) is 80.5 cm³/mol. The van der Waals surface area contributed by atoms with Crippen molar-refractivity contribution in [3.8, 4) is 0 Å². The summed E-state index contributed by atoms with van der Waals surface area (Å²) in [6, 6.07) is 0. The third kappa shape index (κ3) is 12.0. The van der Waals surface area contributed by atoms with Crippen molar-refractivity contribution in [2.24, 2.45) is 0 Å². The van der Waals surface area contributed by atoms with Crippen molar-refractivity contribution >= 4 is 0 Å². The van der Waals surface area contributed by atoms with Gasteiger partial charge < -0.3 is 0 Å². The van der Waals surface area contributed by atoms with Crippen LogP contribution in [0.2, 0.25) is 0 Å². The topological polar surface area (TPSA) is 0 Å². The van der Waals surface area contributed by atoms with E-state index in [0.717, 1.165) is 0 Å². The minimum atomic E-state index is 1.31. The zero-order valence-electron chi connectivity index (χ0n) is 12.6. The molecule has 0 fully saturated rings. The molecule has 0 heterocycles. The molecule has 0 aromatic heterocycles. The van der Waals surface area contributed by atoms with E-state index in [-0.39, 0.29) is 0 Å². The molecule has 0 atom stereocenters. The summed E-state index contributed by atoms with van der Waals surface area (Å²) in [6.45, 7) is 6.87. The molecule has 0 aliphatic carbocycles. The molecule has 0 rings (SSSR count). The summed E-state index contributed by atoms with van der Waals surface area (Å²) < 4.78 is 0. The first kappa shape index (κ1) is 16.7. The van der Waals surface area contributed by atoms with Crippen LogP contribution in [0.5, 0.6) is 0 Å². The summed E-state index contributed by atoms with van der Waals surface area (Å²) in [5.41, 5.74) is 1.73. The van der Waals surface area contributed by atoms with Crippen molar-refractivity contribution < 1.29 is 0 Å². The molecule has 0 amide bonds. The molecule has 0 aliphatic rings. The number of allylic oxidation sites excluding steroid dienone is 2. The highest BCUT2D eigenvalue weighted by Gasteiger charge is 1.97. The monoisotopic (exact) mass is 238 g/mol. The summed E-state index contributed by atoms with van der Waals surface area (Å²) in [5.74, 6) is 0. The van der Waals surface area contributed by atoms with Crippen LogP contribution in [0.3, 0.4) is 0 Å². The van der Waals surface area contributed by atoms with Crippen molar-refractivity contribution in [2.75, 3.05) is 0 Å². The molecule has 0 saturated heterocycles. The van der Waals surface area contributed by atoms with Crippen LogP contribution in [0.1, 0.15) is 97.8 Å². The van der Waals surface area contributed by atoms with E-state index in [1.807, 2.05) is 0 Å². The normalized spacial score (nSPS) is 12.1. The Kier molecular flexibility index (Phi) is 13.6. The van der Waals surface area contributed by atoms with E-state index in [1.54, 1.807) is 5.57 Å². The summed E-state index contributed by atoms with van der Waals surface area (Å²) in [4.78, 5) is 0. The second kappa shape index (κ2) is 13.8. The smallest absolute Gasteiger partial charge is 0.0320 e. The van der Waals surface area contributed by atoms with E-state index < -0.39 is 0 Å². The summed E-state index contributed by atoms with van der Waals surface area (Å²) >= 11 is 0. The van der Waals surface area contributed by atoms with Gasteiger partial charge in [0.15, 0.2) is 0 Å².